The van der Waals surface area contributed by atoms with Crippen LogP contribution in [0.4, 0.5) is 0 Å². The topological polar surface area (TPSA) is 61.2 Å². The van der Waals surface area contributed by atoms with E-state index in [-0.39, 0.29) is 17.6 Å². The van der Waals surface area contributed by atoms with Crippen molar-refractivity contribution in [3.8, 4) is 0 Å². The highest BCUT2D eigenvalue weighted by Crippen LogP contribution is 2.21. The van der Waals surface area contributed by atoms with Crippen LogP contribution in [0.3, 0.4) is 0 Å². The molecule has 0 unspecified atom stereocenters. The van der Waals surface area contributed by atoms with Gasteiger partial charge < -0.3 is 4.74 Å². The lowest BCUT2D eigenvalue weighted by molar-refractivity contribution is 0.0593. The lowest BCUT2D eigenvalue weighted by Gasteiger charge is -2.12. The van der Waals surface area contributed by atoms with Crippen molar-refractivity contribution in [3.63, 3.8) is 0 Å². The number of halogens is 1. The van der Waals surface area contributed by atoms with E-state index in [1.165, 1.54) is 6.20 Å². The van der Waals surface area contributed by atoms with Crippen molar-refractivity contribution >= 4 is 19.7 Å². The summed E-state index contributed by atoms with van der Waals surface area (Å²) in [6, 6.07) is 0. The second kappa shape index (κ2) is 6.04. The molecule has 1 aromatic rings. The predicted octanol–water partition coefficient (Wildman–Crippen LogP) is 2.39. The number of hydrogen-bond donors (Lipinski definition) is 0. The molecule has 0 saturated heterocycles. The van der Waals surface area contributed by atoms with Crippen molar-refractivity contribution in [2.75, 3.05) is 0 Å². The molecule has 0 spiro atoms. The molecule has 0 fully saturated rings. The maximum absolute atomic E-state index is 11.5. The first-order valence-electron chi connectivity index (χ1n) is 5.82. The van der Waals surface area contributed by atoms with Crippen LogP contribution in [0.5, 0.6) is 0 Å². The minimum absolute atomic E-state index is 0.0123. The fourth-order valence-corrected chi connectivity index (χ4v) is 2.50. The summed E-state index contributed by atoms with van der Waals surface area (Å²) in [5.41, 5.74) is 0.507. The molecule has 104 valence electrons. The van der Waals surface area contributed by atoms with Gasteiger partial charge in [0.1, 0.15) is 4.90 Å². The molecule has 1 heterocycles. The van der Waals surface area contributed by atoms with Crippen molar-refractivity contribution in [1.82, 2.24) is 9.78 Å². The molecule has 0 aromatic carbocycles. The summed E-state index contributed by atoms with van der Waals surface area (Å²) < 4.78 is 30.0. The van der Waals surface area contributed by atoms with Gasteiger partial charge >= 0.3 is 0 Å². The third-order valence-electron chi connectivity index (χ3n) is 2.26. The Balaban J connectivity index is 3.09. The van der Waals surface area contributed by atoms with E-state index in [4.69, 9.17) is 15.4 Å². The predicted molar refractivity (Wildman–Crippen MR) is 70.0 cm³/mol. The van der Waals surface area contributed by atoms with E-state index >= 15 is 0 Å². The SMILES string of the molecule is CC(C)Cn1ncc(S(=O)(=O)Cl)c1COC(C)C. The van der Waals surface area contributed by atoms with Gasteiger partial charge in [0.15, 0.2) is 0 Å². The summed E-state index contributed by atoms with van der Waals surface area (Å²) in [7, 11) is 1.60. The zero-order chi connectivity index (χ0) is 13.9. The molecule has 0 aliphatic rings. The molecular weight excluding hydrogens is 276 g/mol. The van der Waals surface area contributed by atoms with Crippen LogP contribution in [0.1, 0.15) is 33.4 Å². The number of nitrogens with zero attached hydrogens (tertiary/aromatic N) is 2. The van der Waals surface area contributed by atoms with Crippen molar-refractivity contribution < 1.29 is 13.2 Å². The molecule has 0 saturated carbocycles. The molecule has 0 aliphatic carbocycles. The Bertz CT molecular complexity index is 494. The Morgan fingerprint density at radius 3 is 2.44 bits per heavy atom. The monoisotopic (exact) mass is 294 g/mol. The zero-order valence-corrected chi connectivity index (χ0v) is 12.6. The third-order valence-corrected chi connectivity index (χ3v) is 3.63. The van der Waals surface area contributed by atoms with Crippen molar-refractivity contribution in [1.29, 1.82) is 0 Å². The van der Waals surface area contributed by atoms with E-state index in [1.807, 2.05) is 27.7 Å². The minimum Gasteiger partial charge on any atom is -0.372 e. The third kappa shape index (κ3) is 4.26. The molecule has 18 heavy (non-hydrogen) atoms. The molecule has 1 rings (SSSR count). The van der Waals surface area contributed by atoms with Crippen LogP contribution in [-0.4, -0.2) is 24.3 Å². The number of rotatable bonds is 6. The summed E-state index contributed by atoms with van der Waals surface area (Å²) in [6.07, 6.45) is 1.29. The number of hydrogen-bond acceptors (Lipinski definition) is 4. The molecular formula is C11H19ClN2O3S. The van der Waals surface area contributed by atoms with Crippen LogP contribution >= 0.6 is 10.7 Å². The summed E-state index contributed by atoms with van der Waals surface area (Å²) in [5, 5.41) is 4.07. The first kappa shape index (κ1) is 15.5. The van der Waals surface area contributed by atoms with Crippen LogP contribution in [0.25, 0.3) is 0 Å². The van der Waals surface area contributed by atoms with Crippen LogP contribution in [0.15, 0.2) is 11.1 Å². The van der Waals surface area contributed by atoms with Crippen molar-refractivity contribution in [2.45, 2.75) is 51.8 Å². The van der Waals surface area contributed by atoms with Gasteiger partial charge in [-0.15, -0.1) is 0 Å². The Hall–Kier alpha value is -0.590. The molecule has 0 N–H and O–H groups in total. The molecule has 1 aromatic heterocycles. The van der Waals surface area contributed by atoms with Crippen LogP contribution in [0.2, 0.25) is 0 Å². The lowest BCUT2D eigenvalue weighted by Crippen LogP contribution is -2.14. The first-order valence-corrected chi connectivity index (χ1v) is 8.13. The average Bonchev–Trinajstić information content (AvgIpc) is 2.56. The Kier molecular flexibility index (Phi) is 5.19. The van der Waals surface area contributed by atoms with Gasteiger partial charge in [-0.1, -0.05) is 13.8 Å². The standard InChI is InChI=1S/C11H19ClN2O3S/c1-8(2)6-14-10(7-17-9(3)4)11(5-13-14)18(12,15)16/h5,8-9H,6-7H2,1-4H3. The maximum atomic E-state index is 11.5. The van der Waals surface area contributed by atoms with Gasteiger partial charge in [-0.3, -0.25) is 4.68 Å². The van der Waals surface area contributed by atoms with Gasteiger partial charge in [0.25, 0.3) is 9.05 Å². The highest BCUT2D eigenvalue weighted by Gasteiger charge is 2.21. The van der Waals surface area contributed by atoms with E-state index in [9.17, 15) is 8.42 Å². The summed E-state index contributed by atoms with van der Waals surface area (Å²) in [6.45, 7) is 8.65. The van der Waals surface area contributed by atoms with E-state index in [1.54, 1.807) is 4.68 Å². The molecule has 0 bridgehead atoms. The Morgan fingerprint density at radius 2 is 2.00 bits per heavy atom. The fourth-order valence-electron chi connectivity index (χ4n) is 1.49. The first-order chi connectivity index (χ1) is 8.21. The van der Waals surface area contributed by atoms with Gasteiger partial charge in [0, 0.05) is 17.2 Å². The summed E-state index contributed by atoms with van der Waals surface area (Å²) in [4.78, 5) is 0.0328. The second-order valence-corrected chi connectivity index (χ2v) is 7.36. The van der Waals surface area contributed by atoms with E-state index in [2.05, 4.69) is 5.10 Å². The summed E-state index contributed by atoms with van der Waals surface area (Å²) in [5.74, 6) is 0.355. The van der Waals surface area contributed by atoms with Crippen LogP contribution in [0, 0.1) is 5.92 Å². The van der Waals surface area contributed by atoms with Gasteiger partial charge in [-0.25, -0.2) is 8.42 Å². The normalized spacial score (nSPS) is 12.6. The van der Waals surface area contributed by atoms with Crippen molar-refractivity contribution in [2.24, 2.45) is 5.92 Å². The van der Waals surface area contributed by atoms with Crippen LogP contribution < -0.4 is 0 Å². The second-order valence-electron chi connectivity index (χ2n) is 4.83. The summed E-state index contributed by atoms with van der Waals surface area (Å²) >= 11 is 0. The quantitative estimate of drug-likeness (QED) is 0.756. The largest absolute Gasteiger partial charge is 0.372 e. The molecule has 5 nitrogen and oxygen atoms in total. The fraction of sp³-hybridized carbons (Fsp3) is 0.727. The lowest BCUT2D eigenvalue weighted by atomic mass is 10.2. The van der Waals surface area contributed by atoms with Gasteiger partial charge in [0.05, 0.1) is 24.6 Å². The van der Waals surface area contributed by atoms with Gasteiger partial charge in [-0.2, -0.15) is 5.10 Å². The average molecular weight is 295 g/mol. The molecule has 7 heteroatoms. The maximum Gasteiger partial charge on any atom is 0.264 e. The highest BCUT2D eigenvalue weighted by atomic mass is 35.7. The van der Waals surface area contributed by atoms with Gasteiger partial charge in [0.2, 0.25) is 0 Å². The van der Waals surface area contributed by atoms with Crippen molar-refractivity contribution in [3.05, 3.63) is 11.9 Å². The van der Waals surface area contributed by atoms with E-state index < -0.39 is 9.05 Å². The zero-order valence-electron chi connectivity index (χ0n) is 11.1. The highest BCUT2D eigenvalue weighted by molar-refractivity contribution is 8.13. The molecule has 0 radical (unpaired) electrons. The smallest absolute Gasteiger partial charge is 0.264 e. The number of aromatic nitrogens is 2. The van der Waals surface area contributed by atoms with Gasteiger partial charge in [-0.05, 0) is 19.8 Å². The van der Waals surface area contributed by atoms with Crippen LogP contribution in [-0.2, 0) is 26.9 Å². The minimum atomic E-state index is -3.79. The number of ether oxygens (including phenoxy) is 1. The molecule has 0 aliphatic heterocycles. The molecule has 0 atom stereocenters. The molecule has 0 amide bonds. The van der Waals surface area contributed by atoms with E-state index in [0.29, 0.717) is 18.2 Å². The Morgan fingerprint density at radius 1 is 1.39 bits per heavy atom. The Labute approximate surface area is 113 Å². The van der Waals surface area contributed by atoms with E-state index in [0.717, 1.165) is 0 Å².